The Balaban J connectivity index is 2.27. The zero-order valence-electron chi connectivity index (χ0n) is 12.6. The van der Waals surface area contributed by atoms with Gasteiger partial charge in [0.15, 0.2) is 7.14 Å². The maximum Gasteiger partial charge on any atom is 0.171 e. The van der Waals surface area contributed by atoms with Gasteiger partial charge in [-0.05, 0) is 18.2 Å². The van der Waals surface area contributed by atoms with Gasteiger partial charge in [0, 0.05) is 15.9 Å². The predicted octanol–water partition coefficient (Wildman–Crippen LogP) is 3.99. The van der Waals surface area contributed by atoms with Crippen LogP contribution in [0.4, 0.5) is 0 Å². The molecule has 0 bridgehead atoms. The van der Waals surface area contributed by atoms with E-state index in [1.165, 1.54) is 0 Å². The molecule has 0 spiro atoms. The first kappa shape index (κ1) is 15.9. The second kappa shape index (κ2) is 6.62. The Labute approximate surface area is 141 Å². The highest BCUT2D eigenvalue weighted by molar-refractivity contribution is 7.85. The number of ether oxygens (including phenoxy) is 1. The molecule has 0 amide bonds. The molecule has 0 N–H and O–H groups in total. The fraction of sp³-hybridized carbons (Fsp3) is 0.0526. The fourth-order valence-corrected chi connectivity index (χ4v) is 5.42. The minimum atomic E-state index is -2.98. The number of halogens is 1. The van der Waals surface area contributed by atoms with Crippen LogP contribution in [0.25, 0.3) is 0 Å². The molecule has 3 rings (SSSR count). The molecule has 0 fully saturated rings. The molecule has 4 heteroatoms. The highest BCUT2D eigenvalue weighted by Crippen LogP contribution is 2.43. The molecule has 0 saturated heterocycles. The number of rotatable bonds is 4. The second-order valence-corrected chi connectivity index (χ2v) is 8.27. The zero-order chi connectivity index (χ0) is 16.3. The Morgan fingerprint density at radius 2 is 1.30 bits per heavy atom. The summed E-state index contributed by atoms with van der Waals surface area (Å²) >= 11 is 6.12. The third-order valence-electron chi connectivity index (χ3n) is 3.74. The van der Waals surface area contributed by atoms with Crippen LogP contribution in [0.3, 0.4) is 0 Å². The van der Waals surface area contributed by atoms with E-state index in [1.807, 2.05) is 66.7 Å². The third kappa shape index (κ3) is 2.93. The molecule has 0 aromatic heterocycles. The Hall–Kier alpha value is -2.02. The van der Waals surface area contributed by atoms with Crippen LogP contribution in [0.2, 0.25) is 5.02 Å². The highest BCUT2D eigenvalue weighted by atomic mass is 35.5. The molecule has 0 aliphatic carbocycles. The van der Waals surface area contributed by atoms with E-state index in [1.54, 1.807) is 19.2 Å². The minimum absolute atomic E-state index is 0.504. The summed E-state index contributed by atoms with van der Waals surface area (Å²) in [6.07, 6.45) is 0. The van der Waals surface area contributed by atoms with Gasteiger partial charge < -0.3 is 9.30 Å². The van der Waals surface area contributed by atoms with Crippen molar-refractivity contribution < 1.29 is 9.30 Å². The summed E-state index contributed by atoms with van der Waals surface area (Å²) in [7, 11) is -1.42. The maximum atomic E-state index is 14.1. The Kier molecular flexibility index (Phi) is 4.56. The summed E-state index contributed by atoms with van der Waals surface area (Å²) in [5.74, 6) is 0.524. The van der Waals surface area contributed by atoms with E-state index in [-0.39, 0.29) is 0 Å². The molecule has 3 aromatic rings. The lowest BCUT2D eigenvalue weighted by Crippen LogP contribution is -2.25. The zero-order valence-corrected chi connectivity index (χ0v) is 14.3. The van der Waals surface area contributed by atoms with Crippen LogP contribution in [-0.4, -0.2) is 7.11 Å². The van der Waals surface area contributed by atoms with E-state index >= 15 is 0 Å². The van der Waals surface area contributed by atoms with Crippen LogP contribution in [-0.2, 0) is 4.57 Å². The number of benzene rings is 3. The summed E-state index contributed by atoms with van der Waals surface area (Å²) in [5.41, 5.74) is 0. The first-order valence-electron chi connectivity index (χ1n) is 7.21. The molecule has 0 radical (unpaired) electrons. The lowest BCUT2D eigenvalue weighted by atomic mass is 10.3. The quantitative estimate of drug-likeness (QED) is 0.670. The molecule has 0 unspecified atom stereocenters. The Morgan fingerprint density at radius 3 is 1.78 bits per heavy atom. The molecular formula is C19H16ClO2P. The second-order valence-electron chi connectivity index (χ2n) is 5.10. The van der Waals surface area contributed by atoms with Gasteiger partial charge in [0.1, 0.15) is 5.75 Å². The van der Waals surface area contributed by atoms with Crippen LogP contribution in [0.1, 0.15) is 0 Å². The van der Waals surface area contributed by atoms with Crippen molar-refractivity contribution in [3.05, 3.63) is 83.9 Å². The third-order valence-corrected chi connectivity index (χ3v) is 7.11. The van der Waals surface area contributed by atoms with Crippen molar-refractivity contribution in [2.45, 2.75) is 0 Å². The van der Waals surface area contributed by atoms with Crippen molar-refractivity contribution in [2.24, 2.45) is 0 Å². The lowest BCUT2D eigenvalue weighted by molar-refractivity contribution is 0.415. The van der Waals surface area contributed by atoms with E-state index < -0.39 is 7.14 Å². The van der Waals surface area contributed by atoms with Crippen LogP contribution in [0, 0.1) is 0 Å². The smallest absolute Gasteiger partial charge is 0.171 e. The molecule has 0 atom stereocenters. The van der Waals surface area contributed by atoms with Crippen molar-refractivity contribution in [3.8, 4) is 5.75 Å². The number of hydrogen-bond donors (Lipinski definition) is 0. The van der Waals surface area contributed by atoms with Gasteiger partial charge in [0.05, 0.1) is 12.1 Å². The van der Waals surface area contributed by atoms with E-state index in [0.717, 1.165) is 10.6 Å². The van der Waals surface area contributed by atoms with Gasteiger partial charge in [0.2, 0.25) is 0 Å². The minimum Gasteiger partial charge on any atom is -0.495 e. The van der Waals surface area contributed by atoms with Crippen LogP contribution in [0.5, 0.6) is 5.75 Å². The maximum absolute atomic E-state index is 14.1. The molecule has 0 aliphatic rings. The fourth-order valence-electron chi connectivity index (χ4n) is 2.57. The first-order valence-corrected chi connectivity index (χ1v) is 9.30. The largest absolute Gasteiger partial charge is 0.495 e. The Morgan fingerprint density at radius 1 is 0.783 bits per heavy atom. The van der Waals surface area contributed by atoms with Crippen LogP contribution >= 0.6 is 18.7 Å². The predicted molar refractivity (Wildman–Crippen MR) is 97.4 cm³/mol. The Bertz CT molecular complexity index is 804. The topological polar surface area (TPSA) is 26.3 Å². The van der Waals surface area contributed by atoms with Gasteiger partial charge in [-0.3, -0.25) is 0 Å². The molecule has 23 heavy (non-hydrogen) atoms. The van der Waals surface area contributed by atoms with Gasteiger partial charge in [-0.1, -0.05) is 72.3 Å². The number of methoxy groups -OCH3 is 1. The van der Waals surface area contributed by atoms with Crippen molar-refractivity contribution in [1.82, 2.24) is 0 Å². The van der Waals surface area contributed by atoms with Gasteiger partial charge in [-0.25, -0.2) is 0 Å². The summed E-state index contributed by atoms with van der Waals surface area (Å²) in [5, 5.41) is 2.78. The molecule has 0 heterocycles. The molecule has 0 saturated carbocycles. The van der Waals surface area contributed by atoms with E-state index in [9.17, 15) is 4.57 Å². The molecule has 3 aromatic carbocycles. The van der Waals surface area contributed by atoms with Crippen molar-refractivity contribution in [2.75, 3.05) is 7.11 Å². The normalized spacial score (nSPS) is 11.2. The summed E-state index contributed by atoms with van der Waals surface area (Å²) in [6.45, 7) is 0. The highest BCUT2D eigenvalue weighted by Gasteiger charge is 2.30. The van der Waals surface area contributed by atoms with Crippen molar-refractivity contribution >= 4 is 34.7 Å². The van der Waals surface area contributed by atoms with Crippen molar-refractivity contribution in [3.63, 3.8) is 0 Å². The van der Waals surface area contributed by atoms with Gasteiger partial charge in [-0.15, -0.1) is 0 Å². The monoisotopic (exact) mass is 342 g/mol. The molecule has 2 nitrogen and oxygen atoms in total. The van der Waals surface area contributed by atoms with E-state index in [0.29, 0.717) is 16.1 Å². The number of hydrogen-bond acceptors (Lipinski definition) is 2. The molecule has 0 aliphatic heterocycles. The molecule has 116 valence electrons. The van der Waals surface area contributed by atoms with Gasteiger partial charge in [-0.2, -0.15) is 0 Å². The SMILES string of the molecule is COc1cc(P(=O)(c2ccccc2)c2ccccc2)ccc1Cl. The van der Waals surface area contributed by atoms with Crippen LogP contribution < -0.4 is 20.7 Å². The first-order chi connectivity index (χ1) is 11.2. The van der Waals surface area contributed by atoms with Crippen molar-refractivity contribution in [1.29, 1.82) is 0 Å². The lowest BCUT2D eigenvalue weighted by Gasteiger charge is -2.20. The van der Waals surface area contributed by atoms with Gasteiger partial charge in [0.25, 0.3) is 0 Å². The standard InChI is InChI=1S/C19H16ClO2P/c1-22-19-14-17(12-13-18(19)20)23(21,15-8-4-2-5-9-15)16-10-6-3-7-11-16/h2-14H,1H3. The summed E-state index contributed by atoms with van der Waals surface area (Å²) < 4.78 is 19.4. The molecular weight excluding hydrogens is 327 g/mol. The van der Waals surface area contributed by atoms with E-state index in [2.05, 4.69) is 0 Å². The summed E-state index contributed by atoms with van der Waals surface area (Å²) in [4.78, 5) is 0. The van der Waals surface area contributed by atoms with E-state index in [4.69, 9.17) is 16.3 Å². The summed E-state index contributed by atoms with van der Waals surface area (Å²) in [6, 6.07) is 24.3. The van der Waals surface area contributed by atoms with Gasteiger partial charge >= 0.3 is 0 Å². The average molecular weight is 343 g/mol. The average Bonchev–Trinajstić information content (AvgIpc) is 2.63. The van der Waals surface area contributed by atoms with Crippen LogP contribution in [0.15, 0.2) is 78.9 Å².